The first-order chi connectivity index (χ1) is 9.63. The van der Waals surface area contributed by atoms with Crippen LogP contribution in [0.25, 0.3) is 0 Å². The summed E-state index contributed by atoms with van der Waals surface area (Å²) in [7, 11) is 0. The Morgan fingerprint density at radius 1 is 1.35 bits per heavy atom. The lowest BCUT2D eigenvalue weighted by atomic mass is 9.99. The first kappa shape index (κ1) is 15.5. The van der Waals surface area contributed by atoms with Gasteiger partial charge in [-0.15, -0.1) is 0 Å². The molecule has 0 saturated carbocycles. The maximum atomic E-state index is 14.1. The van der Waals surface area contributed by atoms with Gasteiger partial charge in [0.05, 0.1) is 0 Å². The van der Waals surface area contributed by atoms with Crippen molar-refractivity contribution in [1.82, 2.24) is 10.2 Å². The standard InChI is InChI=1S/C17H27FN2/c1-4-17(15-9-5-6-10-16(15)18)20(13(2)3)12-14-8-7-11-19-14/h5-6,9-10,13-14,17,19H,4,7-8,11-12H2,1-3H3. The first-order valence-electron chi connectivity index (χ1n) is 7.87. The second-order valence-corrected chi connectivity index (χ2v) is 6.03. The number of rotatable bonds is 6. The molecule has 1 fully saturated rings. The molecule has 1 aromatic carbocycles. The summed E-state index contributed by atoms with van der Waals surface area (Å²) in [5.41, 5.74) is 0.835. The molecule has 0 spiro atoms. The molecule has 1 aromatic rings. The fourth-order valence-corrected chi connectivity index (χ4v) is 3.24. The minimum atomic E-state index is -0.0793. The fourth-order valence-electron chi connectivity index (χ4n) is 3.24. The maximum Gasteiger partial charge on any atom is 0.127 e. The van der Waals surface area contributed by atoms with Crippen molar-refractivity contribution in [1.29, 1.82) is 0 Å². The van der Waals surface area contributed by atoms with Crippen molar-refractivity contribution in [2.45, 2.75) is 58.2 Å². The zero-order valence-corrected chi connectivity index (χ0v) is 12.9. The highest BCUT2D eigenvalue weighted by Gasteiger charge is 2.27. The average molecular weight is 278 g/mol. The Bertz CT molecular complexity index is 413. The van der Waals surface area contributed by atoms with E-state index >= 15 is 0 Å². The number of hydrogen-bond acceptors (Lipinski definition) is 2. The van der Waals surface area contributed by atoms with E-state index in [1.807, 2.05) is 12.1 Å². The summed E-state index contributed by atoms with van der Waals surface area (Å²) in [5, 5.41) is 3.55. The van der Waals surface area contributed by atoms with Crippen molar-refractivity contribution in [3.05, 3.63) is 35.6 Å². The van der Waals surface area contributed by atoms with Gasteiger partial charge in [-0.3, -0.25) is 4.90 Å². The van der Waals surface area contributed by atoms with Gasteiger partial charge in [-0.05, 0) is 45.7 Å². The Morgan fingerprint density at radius 2 is 2.10 bits per heavy atom. The monoisotopic (exact) mass is 278 g/mol. The molecule has 2 nitrogen and oxygen atoms in total. The molecule has 1 aliphatic heterocycles. The van der Waals surface area contributed by atoms with Crippen molar-refractivity contribution < 1.29 is 4.39 Å². The summed E-state index contributed by atoms with van der Waals surface area (Å²) in [4.78, 5) is 2.45. The van der Waals surface area contributed by atoms with Crippen molar-refractivity contribution in [3.63, 3.8) is 0 Å². The Labute approximate surface area is 122 Å². The van der Waals surface area contributed by atoms with Crippen LogP contribution in [0.4, 0.5) is 4.39 Å². The van der Waals surface area contributed by atoms with Gasteiger partial charge in [-0.2, -0.15) is 0 Å². The Balaban J connectivity index is 2.18. The largest absolute Gasteiger partial charge is 0.313 e. The van der Waals surface area contributed by atoms with E-state index in [1.165, 1.54) is 12.8 Å². The van der Waals surface area contributed by atoms with E-state index in [0.717, 1.165) is 25.1 Å². The van der Waals surface area contributed by atoms with Crippen LogP contribution < -0.4 is 5.32 Å². The second kappa shape index (κ2) is 7.19. The highest BCUT2D eigenvalue weighted by atomic mass is 19.1. The van der Waals surface area contributed by atoms with Gasteiger partial charge in [0, 0.05) is 30.2 Å². The molecule has 0 radical (unpaired) electrons. The summed E-state index contributed by atoms with van der Waals surface area (Å²) >= 11 is 0. The molecule has 0 aromatic heterocycles. The topological polar surface area (TPSA) is 15.3 Å². The number of halogens is 1. The molecular weight excluding hydrogens is 251 g/mol. The van der Waals surface area contributed by atoms with Crippen molar-refractivity contribution in [2.75, 3.05) is 13.1 Å². The fraction of sp³-hybridized carbons (Fsp3) is 0.647. The number of benzene rings is 1. The number of nitrogens with one attached hydrogen (secondary N) is 1. The second-order valence-electron chi connectivity index (χ2n) is 6.03. The predicted octanol–water partition coefficient (Wildman–Crippen LogP) is 3.74. The van der Waals surface area contributed by atoms with E-state index in [4.69, 9.17) is 0 Å². The molecule has 0 bridgehead atoms. The highest BCUT2D eigenvalue weighted by Crippen LogP contribution is 2.29. The van der Waals surface area contributed by atoms with Crippen molar-refractivity contribution in [3.8, 4) is 0 Å². The minimum Gasteiger partial charge on any atom is -0.313 e. The van der Waals surface area contributed by atoms with Gasteiger partial charge >= 0.3 is 0 Å². The molecule has 1 aliphatic rings. The van der Waals surface area contributed by atoms with E-state index in [1.54, 1.807) is 12.1 Å². The maximum absolute atomic E-state index is 14.1. The molecule has 2 atom stereocenters. The molecule has 0 amide bonds. The normalized spacial score (nSPS) is 20.8. The van der Waals surface area contributed by atoms with Crippen molar-refractivity contribution in [2.24, 2.45) is 0 Å². The van der Waals surface area contributed by atoms with Gasteiger partial charge in [-0.1, -0.05) is 25.1 Å². The summed E-state index contributed by atoms with van der Waals surface area (Å²) < 4.78 is 14.1. The quantitative estimate of drug-likeness (QED) is 0.853. The van der Waals surface area contributed by atoms with Gasteiger partial charge < -0.3 is 5.32 Å². The molecule has 20 heavy (non-hydrogen) atoms. The Kier molecular flexibility index (Phi) is 5.55. The van der Waals surface area contributed by atoms with Crippen LogP contribution in [-0.4, -0.2) is 30.1 Å². The van der Waals surface area contributed by atoms with Crippen LogP contribution in [0, 0.1) is 5.82 Å². The van der Waals surface area contributed by atoms with E-state index in [9.17, 15) is 4.39 Å². The van der Waals surface area contributed by atoms with Gasteiger partial charge in [0.2, 0.25) is 0 Å². The number of hydrogen-bond donors (Lipinski definition) is 1. The van der Waals surface area contributed by atoms with Gasteiger partial charge in [0.25, 0.3) is 0 Å². The average Bonchev–Trinajstić information content (AvgIpc) is 2.93. The van der Waals surface area contributed by atoms with Crippen LogP contribution in [0.5, 0.6) is 0 Å². The predicted molar refractivity (Wildman–Crippen MR) is 82.3 cm³/mol. The molecule has 1 heterocycles. The summed E-state index contributed by atoms with van der Waals surface area (Å²) in [5.74, 6) is -0.0793. The third-order valence-corrected chi connectivity index (χ3v) is 4.31. The molecule has 2 rings (SSSR count). The molecular formula is C17H27FN2. The lowest BCUT2D eigenvalue weighted by Gasteiger charge is -2.36. The van der Waals surface area contributed by atoms with E-state index < -0.39 is 0 Å². The van der Waals surface area contributed by atoms with Gasteiger partial charge in [0.15, 0.2) is 0 Å². The molecule has 2 unspecified atom stereocenters. The molecule has 0 aliphatic carbocycles. The van der Waals surface area contributed by atoms with E-state index in [2.05, 4.69) is 31.0 Å². The lowest BCUT2D eigenvalue weighted by molar-refractivity contribution is 0.132. The summed E-state index contributed by atoms with van der Waals surface area (Å²) in [6.07, 6.45) is 3.43. The summed E-state index contributed by atoms with van der Waals surface area (Å²) in [6.45, 7) is 8.68. The highest BCUT2D eigenvalue weighted by molar-refractivity contribution is 5.21. The van der Waals surface area contributed by atoms with Crippen LogP contribution in [-0.2, 0) is 0 Å². The van der Waals surface area contributed by atoms with Gasteiger partial charge in [0.1, 0.15) is 5.82 Å². The Morgan fingerprint density at radius 3 is 2.65 bits per heavy atom. The van der Waals surface area contributed by atoms with Crippen LogP contribution in [0.2, 0.25) is 0 Å². The Hall–Kier alpha value is -0.930. The van der Waals surface area contributed by atoms with Crippen molar-refractivity contribution >= 4 is 0 Å². The van der Waals surface area contributed by atoms with E-state index in [-0.39, 0.29) is 11.9 Å². The smallest absolute Gasteiger partial charge is 0.127 e. The molecule has 1 saturated heterocycles. The summed E-state index contributed by atoms with van der Waals surface area (Å²) in [6, 6.07) is 8.35. The SMILES string of the molecule is CCC(c1ccccc1F)N(CC1CCCN1)C(C)C. The third-order valence-electron chi connectivity index (χ3n) is 4.31. The van der Waals surface area contributed by atoms with Crippen LogP contribution in [0.15, 0.2) is 24.3 Å². The first-order valence-corrected chi connectivity index (χ1v) is 7.87. The van der Waals surface area contributed by atoms with E-state index in [0.29, 0.717) is 12.1 Å². The molecule has 1 N–H and O–H groups in total. The lowest BCUT2D eigenvalue weighted by Crippen LogP contribution is -2.43. The zero-order chi connectivity index (χ0) is 14.5. The van der Waals surface area contributed by atoms with Crippen LogP contribution in [0.1, 0.15) is 51.6 Å². The van der Waals surface area contributed by atoms with Crippen LogP contribution in [0.3, 0.4) is 0 Å². The third kappa shape index (κ3) is 3.58. The minimum absolute atomic E-state index is 0.0793. The molecule has 112 valence electrons. The number of nitrogens with zero attached hydrogens (tertiary/aromatic N) is 1. The molecule has 3 heteroatoms. The van der Waals surface area contributed by atoms with Crippen LogP contribution >= 0.6 is 0 Å². The van der Waals surface area contributed by atoms with Gasteiger partial charge in [-0.25, -0.2) is 4.39 Å². The zero-order valence-electron chi connectivity index (χ0n) is 12.9.